The number of imidazole rings is 1. The van der Waals surface area contributed by atoms with E-state index in [0.29, 0.717) is 49.9 Å². The zero-order chi connectivity index (χ0) is 21.5. The molecule has 1 atom stereocenters. The fraction of sp³-hybridized carbons (Fsp3) is 0.500. The first-order valence-electron chi connectivity index (χ1n) is 10.9. The molecular weight excluding hydrogens is 396 g/mol. The summed E-state index contributed by atoms with van der Waals surface area (Å²) in [4.78, 5) is 35.6. The van der Waals surface area contributed by atoms with Crippen LogP contribution in [0.5, 0.6) is 0 Å². The summed E-state index contributed by atoms with van der Waals surface area (Å²) in [7, 11) is 1.70. The van der Waals surface area contributed by atoms with E-state index in [4.69, 9.17) is 9.72 Å². The number of nitrogens with zero attached hydrogens (tertiary/aromatic N) is 6. The number of morpholine rings is 1. The van der Waals surface area contributed by atoms with E-state index in [1.54, 1.807) is 7.05 Å². The Morgan fingerprint density at radius 3 is 2.55 bits per heavy atom. The average molecular weight is 425 g/mol. The van der Waals surface area contributed by atoms with Gasteiger partial charge in [-0.1, -0.05) is 25.1 Å². The molecule has 2 aliphatic rings. The van der Waals surface area contributed by atoms with Crippen LogP contribution in [0, 0.1) is 5.92 Å². The highest BCUT2D eigenvalue weighted by atomic mass is 16.5. The zero-order valence-electron chi connectivity index (χ0n) is 18.0. The molecule has 2 aromatic heterocycles. The van der Waals surface area contributed by atoms with E-state index in [9.17, 15) is 9.59 Å². The van der Waals surface area contributed by atoms with E-state index < -0.39 is 0 Å². The number of aryl methyl sites for hydroxylation is 1. The van der Waals surface area contributed by atoms with Crippen molar-refractivity contribution in [2.45, 2.75) is 20.0 Å². The van der Waals surface area contributed by atoms with Crippen LogP contribution in [-0.4, -0.2) is 63.0 Å². The van der Waals surface area contributed by atoms with Gasteiger partial charge in [0, 0.05) is 52.0 Å². The van der Waals surface area contributed by atoms with E-state index in [2.05, 4.69) is 16.7 Å². The maximum absolute atomic E-state index is 13.5. The molecule has 1 saturated heterocycles. The predicted octanol–water partition coefficient (Wildman–Crippen LogP) is 1.02. The van der Waals surface area contributed by atoms with Crippen LogP contribution >= 0.6 is 0 Å². The van der Waals surface area contributed by atoms with Gasteiger partial charge < -0.3 is 14.2 Å². The van der Waals surface area contributed by atoms with E-state index in [0.717, 1.165) is 31.3 Å². The molecule has 0 unspecified atom stereocenters. The molecule has 0 saturated carbocycles. The number of benzene rings is 1. The van der Waals surface area contributed by atoms with Crippen LogP contribution in [0.15, 0.2) is 39.9 Å². The van der Waals surface area contributed by atoms with Crippen molar-refractivity contribution in [2.24, 2.45) is 13.0 Å². The standard InChI is InChI=1S/C22H28N6O3/c1-16-14-27(17-6-4-3-5-7-17)21-23-19-18(28(21)15-16)20(29)26(22(30)24(19)2)9-8-25-10-12-31-13-11-25/h3-7,16H,8-15H2,1-2H3/t16-/m1/s1. The highest BCUT2D eigenvalue weighted by Crippen LogP contribution is 2.32. The minimum atomic E-state index is -0.319. The third-order valence-electron chi connectivity index (χ3n) is 6.25. The highest BCUT2D eigenvalue weighted by Gasteiger charge is 2.29. The van der Waals surface area contributed by atoms with Crippen LogP contribution in [0.3, 0.4) is 0 Å². The first-order valence-corrected chi connectivity index (χ1v) is 10.9. The van der Waals surface area contributed by atoms with Crippen molar-refractivity contribution in [3.63, 3.8) is 0 Å². The Kier molecular flexibility index (Phi) is 5.15. The van der Waals surface area contributed by atoms with Crippen LogP contribution < -0.4 is 16.1 Å². The fourth-order valence-electron chi connectivity index (χ4n) is 4.59. The van der Waals surface area contributed by atoms with E-state index >= 15 is 0 Å². The fourth-order valence-corrected chi connectivity index (χ4v) is 4.59. The van der Waals surface area contributed by atoms with Crippen LogP contribution in [0.25, 0.3) is 11.2 Å². The lowest BCUT2D eigenvalue weighted by atomic mass is 10.1. The van der Waals surface area contributed by atoms with Gasteiger partial charge in [0.2, 0.25) is 5.95 Å². The van der Waals surface area contributed by atoms with Crippen molar-refractivity contribution >= 4 is 22.8 Å². The minimum absolute atomic E-state index is 0.257. The number of rotatable bonds is 4. The molecule has 0 N–H and O–H groups in total. The highest BCUT2D eigenvalue weighted by molar-refractivity contribution is 5.77. The number of aromatic nitrogens is 4. The minimum Gasteiger partial charge on any atom is -0.379 e. The summed E-state index contributed by atoms with van der Waals surface area (Å²) in [5.74, 6) is 1.06. The topological polar surface area (TPSA) is 77.5 Å². The average Bonchev–Trinajstić information content (AvgIpc) is 3.18. The van der Waals surface area contributed by atoms with Gasteiger partial charge in [-0.15, -0.1) is 0 Å². The van der Waals surface area contributed by atoms with Crippen molar-refractivity contribution in [1.82, 2.24) is 23.6 Å². The summed E-state index contributed by atoms with van der Waals surface area (Å²) in [6.45, 7) is 7.72. The molecule has 5 rings (SSSR count). The normalized spacial score (nSPS) is 19.7. The Morgan fingerprint density at radius 1 is 1.06 bits per heavy atom. The lowest BCUT2D eigenvalue weighted by Gasteiger charge is -2.32. The quantitative estimate of drug-likeness (QED) is 0.622. The molecule has 9 nitrogen and oxygen atoms in total. The third kappa shape index (κ3) is 3.47. The molecule has 31 heavy (non-hydrogen) atoms. The Labute approximate surface area is 180 Å². The van der Waals surface area contributed by atoms with E-state index in [-0.39, 0.29) is 11.2 Å². The molecular formula is C22H28N6O3. The third-order valence-corrected chi connectivity index (χ3v) is 6.25. The van der Waals surface area contributed by atoms with Gasteiger partial charge in [-0.05, 0) is 18.1 Å². The molecule has 2 aliphatic heterocycles. The number of anilines is 2. The lowest BCUT2D eigenvalue weighted by Crippen LogP contribution is -2.44. The number of fused-ring (bicyclic) bond motifs is 3. The Hall–Kier alpha value is -2.91. The zero-order valence-corrected chi connectivity index (χ0v) is 18.0. The van der Waals surface area contributed by atoms with Gasteiger partial charge in [-0.2, -0.15) is 4.98 Å². The number of ether oxygens (including phenoxy) is 1. The maximum Gasteiger partial charge on any atom is 0.332 e. The first-order chi connectivity index (χ1) is 15.0. The Morgan fingerprint density at radius 2 is 1.81 bits per heavy atom. The summed E-state index contributed by atoms with van der Waals surface area (Å²) in [6.07, 6.45) is 0. The maximum atomic E-state index is 13.5. The molecule has 0 bridgehead atoms. The molecule has 3 aromatic rings. The summed E-state index contributed by atoms with van der Waals surface area (Å²) >= 11 is 0. The van der Waals surface area contributed by atoms with Gasteiger partial charge >= 0.3 is 5.69 Å². The second-order valence-corrected chi connectivity index (χ2v) is 8.50. The van der Waals surface area contributed by atoms with Crippen LogP contribution in [-0.2, 0) is 24.9 Å². The SMILES string of the molecule is C[C@@H]1CN(c2ccccc2)c2nc3c(c(=O)n(CCN4CCOCC4)c(=O)n3C)n2C1. The van der Waals surface area contributed by atoms with Crippen LogP contribution in [0.1, 0.15) is 6.92 Å². The summed E-state index contributed by atoms with van der Waals surface area (Å²) in [6, 6.07) is 10.1. The van der Waals surface area contributed by atoms with Crippen molar-refractivity contribution in [3.05, 3.63) is 51.2 Å². The monoisotopic (exact) mass is 424 g/mol. The van der Waals surface area contributed by atoms with Gasteiger partial charge in [0.25, 0.3) is 5.56 Å². The largest absolute Gasteiger partial charge is 0.379 e. The number of para-hydroxylation sites is 1. The number of hydrogen-bond acceptors (Lipinski definition) is 6. The van der Waals surface area contributed by atoms with Gasteiger partial charge in [-0.25, -0.2) is 4.79 Å². The van der Waals surface area contributed by atoms with Gasteiger partial charge in [0.15, 0.2) is 11.2 Å². The molecule has 164 valence electrons. The first kappa shape index (κ1) is 20.0. The van der Waals surface area contributed by atoms with Gasteiger partial charge in [0.05, 0.1) is 13.2 Å². The smallest absolute Gasteiger partial charge is 0.332 e. The molecule has 1 aromatic carbocycles. The van der Waals surface area contributed by atoms with E-state index in [1.165, 1.54) is 9.13 Å². The molecule has 0 radical (unpaired) electrons. The predicted molar refractivity (Wildman–Crippen MR) is 119 cm³/mol. The number of hydrogen-bond donors (Lipinski definition) is 0. The summed E-state index contributed by atoms with van der Waals surface area (Å²) < 4.78 is 10.3. The summed E-state index contributed by atoms with van der Waals surface area (Å²) in [5.41, 5.74) is 1.41. The second-order valence-electron chi connectivity index (χ2n) is 8.50. The van der Waals surface area contributed by atoms with Crippen molar-refractivity contribution < 1.29 is 4.74 Å². The molecule has 0 amide bonds. The van der Waals surface area contributed by atoms with Crippen LogP contribution in [0.2, 0.25) is 0 Å². The molecule has 4 heterocycles. The second kappa shape index (κ2) is 7.97. The van der Waals surface area contributed by atoms with Crippen molar-refractivity contribution in [2.75, 3.05) is 44.3 Å². The molecule has 1 fully saturated rings. The van der Waals surface area contributed by atoms with Crippen LogP contribution in [0.4, 0.5) is 11.6 Å². The molecule has 0 aliphatic carbocycles. The Bertz CT molecular complexity index is 1210. The van der Waals surface area contributed by atoms with Gasteiger partial charge in [-0.3, -0.25) is 18.8 Å². The van der Waals surface area contributed by atoms with Gasteiger partial charge in [0.1, 0.15) is 0 Å². The Balaban J connectivity index is 1.61. The van der Waals surface area contributed by atoms with E-state index in [1.807, 2.05) is 34.9 Å². The van der Waals surface area contributed by atoms with Crippen molar-refractivity contribution in [3.8, 4) is 0 Å². The molecule has 0 spiro atoms. The van der Waals surface area contributed by atoms with Crippen molar-refractivity contribution in [1.29, 1.82) is 0 Å². The summed E-state index contributed by atoms with van der Waals surface area (Å²) in [5, 5.41) is 0. The molecule has 9 heteroatoms. The lowest BCUT2D eigenvalue weighted by molar-refractivity contribution is 0.0361.